The van der Waals surface area contributed by atoms with E-state index < -0.39 is 0 Å². The van der Waals surface area contributed by atoms with Crippen LogP contribution < -0.4 is 0 Å². The molecule has 0 aromatic heterocycles. The second-order valence-corrected chi connectivity index (χ2v) is 17.3. The predicted molar refractivity (Wildman–Crippen MR) is 168 cm³/mol. The average Bonchev–Trinajstić information content (AvgIpc) is 2.92. The van der Waals surface area contributed by atoms with Crippen LogP contribution in [0.4, 0.5) is 0 Å². The Bertz CT molecular complexity index is 1120. The van der Waals surface area contributed by atoms with Crippen molar-refractivity contribution in [1.82, 2.24) is 0 Å². The Morgan fingerprint density at radius 3 is 2.40 bits per heavy atom. The first kappa shape index (κ1) is 31.9. The van der Waals surface area contributed by atoms with Gasteiger partial charge in [0, 0.05) is 11.5 Å². The van der Waals surface area contributed by atoms with Crippen molar-refractivity contribution >= 4 is 5.97 Å². The molecule has 5 aliphatic rings. The third-order valence-corrected chi connectivity index (χ3v) is 14.5. The molecule has 8 atom stereocenters. The van der Waals surface area contributed by atoms with Gasteiger partial charge in [-0.2, -0.15) is 0 Å². The second-order valence-electron chi connectivity index (χ2n) is 17.3. The number of esters is 1. The molecular formula is C36H59N3O3. The lowest BCUT2D eigenvalue weighted by atomic mass is 9.33. The minimum Gasteiger partial charge on any atom is -0.465 e. The van der Waals surface area contributed by atoms with E-state index in [4.69, 9.17) is 10.3 Å². The average molecular weight is 582 g/mol. The van der Waals surface area contributed by atoms with Crippen LogP contribution in [-0.4, -0.2) is 30.3 Å². The van der Waals surface area contributed by atoms with Gasteiger partial charge in [-0.05, 0) is 127 Å². The normalized spacial score (nSPS) is 43.4. The van der Waals surface area contributed by atoms with Crippen molar-refractivity contribution in [2.75, 3.05) is 13.2 Å². The standard InChI is InChI=1S/C36H59N3O3/c1-31(2)18-20-36(30(41)42-23-11-9-8-10-22-38-39-37)21-19-34(6)25(26(36)24-31)12-13-28-33(5)16-15-29(40)32(3,4)27(33)14-17-35(28,34)7/h12,26-29,40H,8-11,13-24H2,1-7H3/t26-,27-,28+,29-,33-,34+,35+,36-/m0/s1. The van der Waals surface area contributed by atoms with Crippen LogP contribution in [0.25, 0.3) is 10.4 Å². The van der Waals surface area contributed by atoms with E-state index in [9.17, 15) is 9.90 Å². The Kier molecular flexibility index (Phi) is 8.45. The van der Waals surface area contributed by atoms with E-state index in [0.717, 1.165) is 77.0 Å². The number of aliphatic hydroxyl groups is 1. The summed E-state index contributed by atoms with van der Waals surface area (Å²) in [5.74, 6) is 1.49. The number of azide groups is 1. The third-order valence-electron chi connectivity index (χ3n) is 14.5. The predicted octanol–water partition coefficient (Wildman–Crippen LogP) is 9.56. The van der Waals surface area contributed by atoms with Crippen molar-refractivity contribution in [3.8, 4) is 0 Å². The number of carbonyl (C=O) groups is 1. The fourth-order valence-corrected chi connectivity index (χ4v) is 11.6. The van der Waals surface area contributed by atoms with Crippen molar-refractivity contribution in [2.24, 2.45) is 55.4 Å². The van der Waals surface area contributed by atoms with Crippen LogP contribution in [0.2, 0.25) is 0 Å². The summed E-state index contributed by atoms with van der Waals surface area (Å²) in [5.41, 5.74) is 10.4. The van der Waals surface area contributed by atoms with E-state index in [2.05, 4.69) is 64.6 Å². The molecule has 236 valence electrons. The van der Waals surface area contributed by atoms with Crippen LogP contribution in [0.15, 0.2) is 16.8 Å². The van der Waals surface area contributed by atoms with Gasteiger partial charge in [-0.1, -0.05) is 78.1 Å². The molecule has 0 radical (unpaired) electrons. The van der Waals surface area contributed by atoms with Gasteiger partial charge in [0.25, 0.3) is 0 Å². The highest BCUT2D eigenvalue weighted by molar-refractivity contribution is 5.78. The van der Waals surface area contributed by atoms with Gasteiger partial charge in [0.05, 0.1) is 18.1 Å². The fraction of sp³-hybridized carbons (Fsp3) is 0.917. The van der Waals surface area contributed by atoms with Crippen molar-refractivity contribution in [3.63, 3.8) is 0 Å². The SMILES string of the molecule is CC1(C)CC[C@]2(C(=O)OCCCCCCN=[N+]=[N-])CC[C@]3(C)C(=CC[C@@H]4[C@@]5(C)CC[C@H](O)C(C)(C)[C@@H]5CC[C@]43C)[C@@H]2C1. The van der Waals surface area contributed by atoms with E-state index in [1.165, 1.54) is 12.8 Å². The number of nitrogens with zero attached hydrogens (tertiary/aromatic N) is 3. The number of fused-ring (bicyclic) bond motifs is 7. The summed E-state index contributed by atoms with van der Waals surface area (Å²) < 4.78 is 6.13. The zero-order chi connectivity index (χ0) is 30.6. The third kappa shape index (κ3) is 4.86. The molecule has 0 spiro atoms. The Balaban J connectivity index is 1.39. The maximum atomic E-state index is 14.1. The highest BCUT2D eigenvalue weighted by atomic mass is 16.5. The minimum atomic E-state index is -0.385. The molecule has 0 aromatic rings. The van der Waals surface area contributed by atoms with Gasteiger partial charge < -0.3 is 9.84 Å². The number of ether oxygens (including phenoxy) is 1. The van der Waals surface area contributed by atoms with Gasteiger partial charge in [-0.25, -0.2) is 0 Å². The molecule has 0 aliphatic heterocycles. The van der Waals surface area contributed by atoms with Gasteiger partial charge in [-0.15, -0.1) is 0 Å². The lowest BCUT2D eigenvalue weighted by molar-refractivity contribution is -0.206. The molecule has 4 saturated carbocycles. The zero-order valence-corrected chi connectivity index (χ0v) is 27.8. The van der Waals surface area contributed by atoms with Crippen molar-refractivity contribution in [2.45, 2.75) is 144 Å². The van der Waals surface area contributed by atoms with Gasteiger partial charge in [0.1, 0.15) is 0 Å². The second kappa shape index (κ2) is 11.1. The first-order valence-electron chi connectivity index (χ1n) is 17.2. The highest BCUT2D eigenvalue weighted by Gasteiger charge is 2.69. The van der Waals surface area contributed by atoms with E-state index >= 15 is 0 Å². The molecule has 6 nitrogen and oxygen atoms in total. The lowest BCUT2D eigenvalue weighted by Gasteiger charge is -2.71. The number of unbranched alkanes of at least 4 members (excludes halogenated alkanes) is 3. The van der Waals surface area contributed by atoms with E-state index in [-0.39, 0.29) is 50.5 Å². The molecule has 0 aromatic carbocycles. The maximum Gasteiger partial charge on any atom is 0.312 e. The number of aliphatic hydroxyl groups excluding tert-OH is 1. The molecule has 6 heteroatoms. The smallest absolute Gasteiger partial charge is 0.312 e. The van der Waals surface area contributed by atoms with Crippen LogP contribution in [-0.2, 0) is 9.53 Å². The number of hydrogen-bond donors (Lipinski definition) is 1. The monoisotopic (exact) mass is 581 g/mol. The Labute approximate surface area is 255 Å². The molecule has 0 unspecified atom stereocenters. The molecular weight excluding hydrogens is 522 g/mol. The van der Waals surface area contributed by atoms with Crippen molar-refractivity contribution in [3.05, 3.63) is 22.1 Å². The quantitative estimate of drug-likeness (QED) is 0.0772. The summed E-state index contributed by atoms with van der Waals surface area (Å²) >= 11 is 0. The van der Waals surface area contributed by atoms with Crippen LogP contribution in [0.3, 0.4) is 0 Å². The number of hydrogen-bond acceptors (Lipinski definition) is 4. The zero-order valence-electron chi connectivity index (χ0n) is 27.8. The lowest BCUT2D eigenvalue weighted by Crippen LogP contribution is -2.65. The summed E-state index contributed by atoms with van der Waals surface area (Å²) in [6.07, 6.45) is 16.9. The van der Waals surface area contributed by atoms with E-state index in [0.29, 0.717) is 25.0 Å². The Hall–Kier alpha value is -1.52. The number of rotatable bonds is 8. The van der Waals surface area contributed by atoms with E-state index in [1.807, 2.05) is 0 Å². The van der Waals surface area contributed by atoms with Crippen LogP contribution in [0.1, 0.15) is 138 Å². The van der Waals surface area contributed by atoms with E-state index in [1.54, 1.807) is 5.57 Å². The molecule has 4 fully saturated rings. The van der Waals surface area contributed by atoms with Crippen LogP contribution in [0, 0.1) is 50.2 Å². The molecule has 1 N–H and O–H groups in total. The molecule has 0 amide bonds. The first-order chi connectivity index (χ1) is 19.7. The fourth-order valence-electron chi connectivity index (χ4n) is 11.6. The van der Waals surface area contributed by atoms with Crippen molar-refractivity contribution in [1.29, 1.82) is 0 Å². The minimum absolute atomic E-state index is 0.0390. The Morgan fingerprint density at radius 2 is 1.67 bits per heavy atom. The van der Waals surface area contributed by atoms with Crippen LogP contribution >= 0.6 is 0 Å². The first-order valence-corrected chi connectivity index (χ1v) is 17.2. The summed E-state index contributed by atoms with van der Waals surface area (Å²) in [7, 11) is 0. The maximum absolute atomic E-state index is 14.1. The van der Waals surface area contributed by atoms with Gasteiger partial charge in [-0.3, -0.25) is 4.79 Å². The number of allylic oxidation sites excluding steroid dienone is 2. The molecule has 0 heterocycles. The molecule has 42 heavy (non-hydrogen) atoms. The molecule has 0 bridgehead atoms. The summed E-state index contributed by atoms with van der Waals surface area (Å²) in [5, 5.41) is 14.6. The van der Waals surface area contributed by atoms with Crippen molar-refractivity contribution < 1.29 is 14.6 Å². The molecule has 5 aliphatic carbocycles. The molecule has 5 rings (SSSR count). The van der Waals surface area contributed by atoms with Gasteiger partial charge in [0.2, 0.25) is 0 Å². The molecule has 0 saturated heterocycles. The summed E-state index contributed by atoms with van der Waals surface area (Å²) in [4.78, 5) is 16.9. The Morgan fingerprint density at radius 1 is 0.952 bits per heavy atom. The largest absolute Gasteiger partial charge is 0.465 e. The van der Waals surface area contributed by atoms with Gasteiger partial charge >= 0.3 is 5.97 Å². The topological polar surface area (TPSA) is 95.3 Å². The highest BCUT2D eigenvalue weighted by Crippen LogP contribution is 2.75. The summed E-state index contributed by atoms with van der Waals surface area (Å²) in [6, 6.07) is 0. The number of carbonyl (C=O) groups excluding carboxylic acids is 1. The van der Waals surface area contributed by atoms with Crippen LogP contribution in [0.5, 0.6) is 0 Å². The summed E-state index contributed by atoms with van der Waals surface area (Å²) in [6.45, 7) is 18.3. The van der Waals surface area contributed by atoms with Gasteiger partial charge in [0.15, 0.2) is 0 Å².